The predicted octanol–water partition coefficient (Wildman–Crippen LogP) is 7.55. The van der Waals surface area contributed by atoms with E-state index in [4.69, 9.17) is 4.99 Å². The van der Waals surface area contributed by atoms with Crippen molar-refractivity contribution >= 4 is 5.71 Å². The highest BCUT2D eigenvalue weighted by Gasteiger charge is 2.59. The summed E-state index contributed by atoms with van der Waals surface area (Å²) in [5.41, 5.74) is 6.70. The smallest absolute Gasteiger partial charge is 0.0596 e. The van der Waals surface area contributed by atoms with Crippen LogP contribution in [0.1, 0.15) is 85.5 Å². The summed E-state index contributed by atoms with van der Waals surface area (Å²) in [6.07, 6.45) is 14.4. The first-order chi connectivity index (χ1) is 13.3. The van der Waals surface area contributed by atoms with Crippen molar-refractivity contribution in [3.8, 4) is 0 Å². The number of hydrogen-bond acceptors (Lipinski definition) is 1. The lowest BCUT2D eigenvalue weighted by molar-refractivity contribution is -0.0417. The molecule has 0 aromatic rings. The third kappa shape index (κ3) is 3.08. The molecule has 0 aliphatic heterocycles. The van der Waals surface area contributed by atoms with Gasteiger partial charge in [0.15, 0.2) is 0 Å². The summed E-state index contributed by atoms with van der Waals surface area (Å²) in [6.45, 7) is 19.0. The number of allylic oxidation sites excluding steroid dienone is 3. The predicted molar refractivity (Wildman–Crippen MR) is 122 cm³/mol. The Morgan fingerprint density at radius 1 is 1.11 bits per heavy atom. The number of aliphatic imine (C=N–C) groups is 1. The zero-order chi connectivity index (χ0) is 20.1. The van der Waals surface area contributed by atoms with Crippen molar-refractivity contribution in [1.82, 2.24) is 0 Å². The maximum Gasteiger partial charge on any atom is 0.0596 e. The molecule has 0 spiro atoms. The van der Waals surface area contributed by atoms with Crippen LogP contribution in [-0.4, -0.2) is 12.3 Å². The van der Waals surface area contributed by atoms with Gasteiger partial charge >= 0.3 is 0 Å². The quantitative estimate of drug-likeness (QED) is 0.353. The number of hydrogen-bond donors (Lipinski definition) is 0. The molecule has 0 amide bonds. The third-order valence-corrected chi connectivity index (χ3v) is 9.64. The van der Waals surface area contributed by atoms with E-state index >= 15 is 0 Å². The van der Waals surface area contributed by atoms with Gasteiger partial charge in [-0.25, -0.2) is 0 Å². The average Bonchev–Trinajstić information content (AvgIpc) is 3.03. The minimum absolute atomic E-state index is 0.450. The maximum absolute atomic E-state index is 5.00. The summed E-state index contributed by atoms with van der Waals surface area (Å²) >= 11 is 0. The van der Waals surface area contributed by atoms with Crippen LogP contribution in [0.15, 0.2) is 40.9 Å². The normalized spacial score (nSPS) is 43.1. The van der Waals surface area contributed by atoms with E-state index in [0.717, 1.165) is 30.7 Å². The van der Waals surface area contributed by atoms with Crippen LogP contribution >= 0.6 is 0 Å². The fraction of sp³-hybridized carbons (Fsp3) is 0.741. The molecule has 3 fully saturated rings. The van der Waals surface area contributed by atoms with E-state index in [9.17, 15) is 0 Å². The van der Waals surface area contributed by atoms with Crippen molar-refractivity contribution in [2.45, 2.75) is 85.5 Å². The summed E-state index contributed by atoms with van der Waals surface area (Å²) in [4.78, 5) is 5.00. The van der Waals surface area contributed by atoms with Crippen LogP contribution in [0, 0.1) is 34.5 Å². The highest BCUT2D eigenvalue weighted by atomic mass is 14.8. The van der Waals surface area contributed by atoms with Crippen LogP contribution in [0.3, 0.4) is 0 Å². The van der Waals surface area contributed by atoms with Gasteiger partial charge in [-0.15, -0.1) is 0 Å². The molecule has 4 rings (SSSR count). The van der Waals surface area contributed by atoms with Gasteiger partial charge in [0.05, 0.1) is 6.54 Å². The van der Waals surface area contributed by atoms with Crippen molar-refractivity contribution < 1.29 is 0 Å². The molecule has 0 saturated heterocycles. The lowest BCUT2D eigenvalue weighted by Crippen LogP contribution is -2.50. The van der Waals surface area contributed by atoms with E-state index in [-0.39, 0.29) is 0 Å². The summed E-state index contributed by atoms with van der Waals surface area (Å²) in [5, 5.41) is 0. The van der Waals surface area contributed by atoms with Crippen LogP contribution in [-0.2, 0) is 0 Å². The molecule has 0 radical (unpaired) electrons. The zero-order valence-electron chi connectivity index (χ0n) is 18.8. The van der Waals surface area contributed by atoms with Gasteiger partial charge in [-0.05, 0) is 93.3 Å². The Balaban J connectivity index is 1.56. The maximum atomic E-state index is 5.00. The topological polar surface area (TPSA) is 12.4 Å². The van der Waals surface area contributed by atoms with Crippen molar-refractivity contribution in [2.75, 3.05) is 6.54 Å². The second-order valence-corrected chi connectivity index (χ2v) is 10.9. The van der Waals surface area contributed by atoms with E-state index in [0.29, 0.717) is 16.7 Å². The molecule has 4 aliphatic rings. The van der Waals surface area contributed by atoms with E-state index in [1.54, 1.807) is 5.57 Å². The molecule has 0 heterocycles. The van der Waals surface area contributed by atoms with Crippen molar-refractivity contribution in [2.24, 2.45) is 39.5 Å². The minimum Gasteiger partial charge on any atom is -0.290 e. The summed E-state index contributed by atoms with van der Waals surface area (Å²) in [6, 6.07) is 0. The lowest BCUT2D eigenvalue weighted by Gasteiger charge is -2.58. The molecular formula is C27H41N. The molecule has 0 bridgehead atoms. The Labute approximate surface area is 173 Å². The summed E-state index contributed by atoms with van der Waals surface area (Å²) in [5.74, 6) is 3.42. The zero-order valence-corrected chi connectivity index (χ0v) is 18.8. The molecule has 28 heavy (non-hydrogen) atoms. The highest BCUT2D eigenvalue weighted by molar-refractivity contribution is 5.85. The molecule has 0 N–H and O–H groups in total. The fourth-order valence-corrected chi connectivity index (χ4v) is 7.79. The van der Waals surface area contributed by atoms with E-state index in [1.165, 1.54) is 68.2 Å². The fourth-order valence-electron chi connectivity index (χ4n) is 7.79. The van der Waals surface area contributed by atoms with Crippen LogP contribution in [0.25, 0.3) is 0 Å². The molecular weight excluding hydrogens is 338 g/mol. The Morgan fingerprint density at radius 2 is 1.89 bits per heavy atom. The SMILES string of the molecule is C=C1C=C2CCC3C(CCC4(C)C(C(C)=NCC(=C)CC)CCC34)C2(C)CC1. The highest BCUT2D eigenvalue weighted by Crippen LogP contribution is 2.67. The van der Waals surface area contributed by atoms with Crippen molar-refractivity contribution in [3.05, 3.63) is 36.0 Å². The molecule has 6 atom stereocenters. The minimum atomic E-state index is 0.450. The van der Waals surface area contributed by atoms with Gasteiger partial charge in [-0.3, -0.25) is 4.99 Å². The third-order valence-electron chi connectivity index (χ3n) is 9.64. The van der Waals surface area contributed by atoms with Gasteiger partial charge in [-0.1, -0.05) is 56.7 Å². The van der Waals surface area contributed by atoms with Gasteiger partial charge in [0.2, 0.25) is 0 Å². The molecule has 6 unspecified atom stereocenters. The van der Waals surface area contributed by atoms with Crippen molar-refractivity contribution in [1.29, 1.82) is 0 Å². The first-order valence-corrected chi connectivity index (χ1v) is 11.9. The number of rotatable bonds is 4. The van der Waals surface area contributed by atoms with Gasteiger partial charge in [0, 0.05) is 11.6 Å². The van der Waals surface area contributed by atoms with Crippen LogP contribution < -0.4 is 0 Å². The molecule has 1 nitrogen and oxygen atoms in total. The standard InChI is InChI=1S/C27H41N/c1-7-18(2)17-28-20(4)23-10-11-24-22-9-8-21-16-19(3)12-14-26(21,5)25(22)13-15-27(23,24)6/h16,22-25H,2-3,7-15,17H2,1,4-6H3. The Morgan fingerprint density at radius 3 is 2.64 bits per heavy atom. The lowest BCUT2D eigenvalue weighted by atomic mass is 9.46. The molecule has 154 valence electrons. The van der Waals surface area contributed by atoms with Gasteiger partial charge in [0.25, 0.3) is 0 Å². The van der Waals surface area contributed by atoms with Gasteiger partial charge in [-0.2, -0.15) is 0 Å². The molecule has 0 aromatic heterocycles. The van der Waals surface area contributed by atoms with E-state index < -0.39 is 0 Å². The monoisotopic (exact) mass is 379 g/mol. The Hall–Kier alpha value is -1.11. The second-order valence-electron chi connectivity index (χ2n) is 10.9. The summed E-state index contributed by atoms with van der Waals surface area (Å²) < 4.78 is 0. The van der Waals surface area contributed by atoms with Gasteiger partial charge in [0.1, 0.15) is 0 Å². The number of fused-ring (bicyclic) bond motifs is 5. The van der Waals surface area contributed by atoms with E-state index in [2.05, 4.69) is 46.9 Å². The average molecular weight is 380 g/mol. The van der Waals surface area contributed by atoms with E-state index in [1.807, 2.05) is 0 Å². The number of nitrogens with zero attached hydrogens (tertiary/aromatic N) is 1. The first-order valence-electron chi connectivity index (χ1n) is 11.9. The molecule has 4 aliphatic carbocycles. The van der Waals surface area contributed by atoms with Crippen LogP contribution in [0.4, 0.5) is 0 Å². The molecule has 3 saturated carbocycles. The summed E-state index contributed by atoms with van der Waals surface area (Å²) in [7, 11) is 0. The van der Waals surface area contributed by atoms with Crippen LogP contribution in [0.5, 0.6) is 0 Å². The first kappa shape index (κ1) is 20.2. The molecule has 1 heteroatoms. The van der Waals surface area contributed by atoms with Gasteiger partial charge < -0.3 is 0 Å². The Bertz CT molecular complexity index is 725. The largest absolute Gasteiger partial charge is 0.290 e. The van der Waals surface area contributed by atoms with Crippen LogP contribution in [0.2, 0.25) is 0 Å². The second kappa shape index (κ2) is 7.29. The van der Waals surface area contributed by atoms with Crippen molar-refractivity contribution in [3.63, 3.8) is 0 Å². The Kier molecular flexibility index (Phi) is 5.26. The molecule has 0 aromatic carbocycles.